The van der Waals surface area contributed by atoms with Crippen molar-refractivity contribution in [3.05, 3.63) is 51.2 Å². The maximum absolute atomic E-state index is 12.2. The summed E-state index contributed by atoms with van der Waals surface area (Å²) in [5.74, 6) is 0.585. The van der Waals surface area contributed by atoms with Crippen molar-refractivity contribution in [1.29, 1.82) is 0 Å². The van der Waals surface area contributed by atoms with Gasteiger partial charge >= 0.3 is 0 Å². The molecule has 1 atom stereocenters. The highest BCUT2D eigenvalue weighted by Gasteiger charge is 2.18. The molecular formula is C15H15ClO3S. The number of rotatable bonds is 6. The Hall–Kier alpha value is -1.36. The van der Waals surface area contributed by atoms with Crippen molar-refractivity contribution < 1.29 is 14.3 Å². The van der Waals surface area contributed by atoms with Crippen molar-refractivity contribution in [2.24, 2.45) is 0 Å². The predicted molar refractivity (Wildman–Crippen MR) is 80.9 cm³/mol. The number of hydrogen-bond acceptors (Lipinski definition) is 4. The molecule has 3 nitrogen and oxygen atoms in total. The molecule has 0 bridgehead atoms. The maximum atomic E-state index is 12.2. The van der Waals surface area contributed by atoms with E-state index in [1.807, 2.05) is 24.3 Å². The molecule has 0 fully saturated rings. The van der Waals surface area contributed by atoms with E-state index in [4.69, 9.17) is 21.1 Å². The Balaban J connectivity index is 2.05. The first kappa shape index (κ1) is 15.0. The van der Waals surface area contributed by atoms with Crippen molar-refractivity contribution >= 4 is 28.7 Å². The van der Waals surface area contributed by atoms with Gasteiger partial charge in [0.15, 0.2) is 6.10 Å². The van der Waals surface area contributed by atoms with Gasteiger partial charge in [-0.3, -0.25) is 4.79 Å². The zero-order chi connectivity index (χ0) is 14.5. The highest BCUT2D eigenvalue weighted by Crippen LogP contribution is 2.24. The number of thiophene rings is 1. The first-order valence-corrected chi connectivity index (χ1v) is 7.33. The first-order valence-electron chi connectivity index (χ1n) is 6.14. The Morgan fingerprint density at radius 1 is 1.35 bits per heavy atom. The minimum atomic E-state index is -0.553. The van der Waals surface area contributed by atoms with E-state index in [9.17, 15) is 4.79 Å². The number of ketones is 1. The van der Waals surface area contributed by atoms with Gasteiger partial charge in [-0.2, -0.15) is 0 Å². The third-order valence-electron chi connectivity index (χ3n) is 2.71. The molecule has 1 unspecified atom stereocenters. The van der Waals surface area contributed by atoms with Crippen LogP contribution >= 0.6 is 22.9 Å². The maximum Gasteiger partial charge on any atom is 0.212 e. The SMILES string of the molecule is COCc1cccc(OC(C)C(=O)c2ccc(Cl)s2)c1. The molecule has 1 aromatic carbocycles. The summed E-state index contributed by atoms with van der Waals surface area (Å²) in [7, 11) is 1.64. The van der Waals surface area contributed by atoms with Gasteiger partial charge in [0, 0.05) is 7.11 Å². The van der Waals surface area contributed by atoms with Crippen LogP contribution in [0.1, 0.15) is 22.2 Å². The van der Waals surface area contributed by atoms with Gasteiger partial charge in [0.25, 0.3) is 0 Å². The van der Waals surface area contributed by atoms with Crippen molar-refractivity contribution in [1.82, 2.24) is 0 Å². The minimum absolute atomic E-state index is 0.0703. The Kier molecular flexibility index (Phi) is 5.17. The highest BCUT2D eigenvalue weighted by atomic mass is 35.5. The second-order valence-electron chi connectivity index (χ2n) is 4.31. The fourth-order valence-corrected chi connectivity index (χ4v) is 2.84. The smallest absolute Gasteiger partial charge is 0.212 e. The van der Waals surface area contributed by atoms with E-state index in [-0.39, 0.29) is 5.78 Å². The van der Waals surface area contributed by atoms with E-state index in [0.717, 1.165) is 5.56 Å². The molecule has 0 amide bonds. The molecule has 1 heterocycles. The summed E-state index contributed by atoms with van der Waals surface area (Å²) in [4.78, 5) is 12.8. The van der Waals surface area contributed by atoms with Gasteiger partial charge in [-0.1, -0.05) is 23.7 Å². The Labute approximate surface area is 127 Å². The number of methoxy groups -OCH3 is 1. The summed E-state index contributed by atoms with van der Waals surface area (Å²) in [5.41, 5.74) is 1.00. The van der Waals surface area contributed by atoms with Crippen LogP contribution in [-0.4, -0.2) is 19.0 Å². The van der Waals surface area contributed by atoms with E-state index >= 15 is 0 Å². The number of carbonyl (C=O) groups excluding carboxylic acids is 1. The van der Waals surface area contributed by atoms with Gasteiger partial charge in [0.05, 0.1) is 15.8 Å². The average molecular weight is 311 g/mol. The third-order valence-corrected chi connectivity index (χ3v) is 3.95. The van der Waals surface area contributed by atoms with Crippen molar-refractivity contribution in [2.75, 3.05) is 7.11 Å². The van der Waals surface area contributed by atoms with Crippen LogP contribution < -0.4 is 4.74 Å². The Bertz CT molecular complexity index is 594. The highest BCUT2D eigenvalue weighted by molar-refractivity contribution is 7.18. The third kappa shape index (κ3) is 3.82. The topological polar surface area (TPSA) is 35.5 Å². The second kappa shape index (κ2) is 6.88. The second-order valence-corrected chi connectivity index (χ2v) is 6.02. The van der Waals surface area contributed by atoms with Gasteiger partial charge in [0.1, 0.15) is 5.75 Å². The number of halogens is 1. The molecule has 106 valence electrons. The van der Waals surface area contributed by atoms with Crippen molar-refractivity contribution in [3.8, 4) is 5.75 Å². The molecule has 0 saturated carbocycles. The molecule has 2 rings (SSSR count). The van der Waals surface area contributed by atoms with E-state index < -0.39 is 6.10 Å². The summed E-state index contributed by atoms with van der Waals surface area (Å²) >= 11 is 7.10. The lowest BCUT2D eigenvalue weighted by molar-refractivity contribution is 0.0822. The monoisotopic (exact) mass is 310 g/mol. The van der Waals surface area contributed by atoms with Crippen LogP contribution in [0.25, 0.3) is 0 Å². The summed E-state index contributed by atoms with van der Waals surface area (Å²) in [5, 5.41) is 0. The van der Waals surface area contributed by atoms with Crippen LogP contribution in [0.2, 0.25) is 4.34 Å². The minimum Gasteiger partial charge on any atom is -0.483 e. The van der Waals surface area contributed by atoms with E-state index in [0.29, 0.717) is 21.6 Å². The fourth-order valence-electron chi connectivity index (χ4n) is 1.78. The normalized spacial score (nSPS) is 12.2. The quantitative estimate of drug-likeness (QED) is 0.750. The standard InChI is InChI=1S/C15H15ClO3S/c1-10(15(17)13-6-7-14(16)20-13)19-12-5-3-4-11(8-12)9-18-2/h3-8,10H,9H2,1-2H3. The van der Waals surface area contributed by atoms with Gasteiger partial charge in [-0.15, -0.1) is 11.3 Å². The zero-order valence-electron chi connectivity index (χ0n) is 11.3. The molecule has 0 N–H and O–H groups in total. The number of ether oxygens (including phenoxy) is 2. The summed E-state index contributed by atoms with van der Waals surface area (Å²) in [6, 6.07) is 11.0. The molecule has 0 saturated heterocycles. The molecule has 0 aliphatic rings. The molecular weight excluding hydrogens is 296 g/mol. The lowest BCUT2D eigenvalue weighted by Gasteiger charge is -2.13. The van der Waals surface area contributed by atoms with Crippen LogP contribution in [0, 0.1) is 0 Å². The Morgan fingerprint density at radius 2 is 2.15 bits per heavy atom. The molecule has 0 radical (unpaired) electrons. The molecule has 0 spiro atoms. The van der Waals surface area contributed by atoms with Crippen LogP contribution in [0.5, 0.6) is 5.75 Å². The van der Waals surface area contributed by atoms with Crippen LogP contribution in [0.4, 0.5) is 0 Å². The molecule has 2 aromatic rings. The first-order chi connectivity index (χ1) is 9.60. The number of carbonyl (C=O) groups is 1. The average Bonchev–Trinajstić information content (AvgIpc) is 2.85. The summed E-state index contributed by atoms with van der Waals surface area (Å²) in [6.45, 7) is 2.25. The molecule has 0 aliphatic carbocycles. The van der Waals surface area contributed by atoms with Gasteiger partial charge < -0.3 is 9.47 Å². The van der Waals surface area contributed by atoms with Crippen molar-refractivity contribution in [2.45, 2.75) is 19.6 Å². The lowest BCUT2D eigenvalue weighted by atomic mass is 10.2. The van der Waals surface area contributed by atoms with Crippen molar-refractivity contribution in [3.63, 3.8) is 0 Å². The van der Waals surface area contributed by atoms with Crippen LogP contribution in [0.15, 0.2) is 36.4 Å². The zero-order valence-corrected chi connectivity index (χ0v) is 12.8. The van der Waals surface area contributed by atoms with E-state index in [1.54, 1.807) is 26.2 Å². The van der Waals surface area contributed by atoms with Gasteiger partial charge in [-0.05, 0) is 36.8 Å². The molecule has 1 aromatic heterocycles. The largest absolute Gasteiger partial charge is 0.483 e. The van der Waals surface area contributed by atoms with Gasteiger partial charge in [-0.25, -0.2) is 0 Å². The summed E-state index contributed by atoms with van der Waals surface area (Å²) < 4.78 is 11.4. The van der Waals surface area contributed by atoms with E-state index in [2.05, 4.69) is 0 Å². The number of benzene rings is 1. The van der Waals surface area contributed by atoms with E-state index in [1.165, 1.54) is 11.3 Å². The van der Waals surface area contributed by atoms with Crippen LogP contribution in [0.3, 0.4) is 0 Å². The number of Topliss-reactive ketones (excluding diaryl/α,β-unsaturated/α-hetero) is 1. The Morgan fingerprint density at radius 3 is 2.80 bits per heavy atom. The number of hydrogen-bond donors (Lipinski definition) is 0. The lowest BCUT2D eigenvalue weighted by Crippen LogP contribution is -2.23. The molecule has 0 aliphatic heterocycles. The molecule has 5 heteroatoms. The van der Waals surface area contributed by atoms with Gasteiger partial charge in [0.2, 0.25) is 5.78 Å². The molecule has 20 heavy (non-hydrogen) atoms. The summed E-state index contributed by atoms with van der Waals surface area (Å²) in [6.07, 6.45) is -0.553. The fraction of sp³-hybridized carbons (Fsp3) is 0.267. The predicted octanol–water partition coefficient (Wildman–Crippen LogP) is 4.20. The van der Waals surface area contributed by atoms with Crippen LogP contribution in [-0.2, 0) is 11.3 Å².